The molecule has 0 saturated carbocycles. The van der Waals surface area contributed by atoms with E-state index in [1.54, 1.807) is 6.08 Å². The second-order valence-electron chi connectivity index (χ2n) is 4.11. The van der Waals surface area contributed by atoms with Gasteiger partial charge in [-0.25, -0.2) is 0 Å². The number of hydrogen-bond donors (Lipinski definition) is 2. The normalized spacial score (nSPS) is 22.3. The lowest BCUT2D eigenvalue weighted by atomic mass is 10.1. The summed E-state index contributed by atoms with van der Waals surface area (Å²) in [7, 11) is 0. The maximum absolute atomic E-state index is 11.4. The summed E-state index contributed by atoms with van der Waals surface area (Å²) in [6.07, 6.45) is 4.95. The molecule has 0 aromatic rings. The van der Waals surface area contributed by atoms with Crippen molar-refractivity contribution in [3.8, 4) is 0 Å². The molecule has 0 aromatic heterocycles. The van der Waals surface area contributed by atoms with Crippen LogP contribution in [0.15, 0.2) is 11.6 Å². The lowest BCUT2D eigenvalue weighted by Crippen LogP contribution is -2.34. The van der Waals surface area contributed by atoms with E-state index in [-0.39, 0.29) is 5.91 Å². The minimum atomic E-state index is 0.0527. The van der Waals surface area contributed by atoms with Crippen LogP contribution in [0.2, 0.25) is 0 Å². The summed E-state index contributed by atoms with van der Waals surface area (Å²) in [4.78, 5) is 11.4. The van der Waals surface area contributed by atoms with E-state index in [4.69, 9.17) is 0 Å². The zero-order valence-corrected chi connectivity index (χ0v) is 9.10. The Morgan fingerprint density at radius 3 is 2.86 bits per heavy atom. The van der Waals surface area contributed by atoms with E-state index in [0.717, 1.165) is 37.9 Å². The van der Waals surface area contributed by atoms with Gasteiger partial charge in [-0.1, -0.05) is 5.57 Å². The highest BCUT2D eigenvalue weighted by Gasteiger charge is 2.12. The molecule has 0 aromatic carbocycles. The molecule has 80 valence electrons. The summed E-state index contributed by atoms with van der Waals surface area (Å²) in [5.74, 6) is 0.0527. The molecule has 0 spiro atoms. The van der Waals surface area contributed by atoms with Crippen LogP contribution in [0.3, 0.4) is 0 Å². The lowest BCUT2D eigenvalue weighted by molar-refractivity contribution is -0.117. The second-order valence-corrected chi connectivity index (χ2v) is 4.11. The summed E-state index contributed by atoms with van der Waals surface area (Å²) in [5.41, 5.74) is 1.05. The third-order valence-electron chi connectivity index (χ3n) is 2.34. The monoisotopic (exact) mass is 196 g/mol. The van der Waals surface area contributed by atoms with Gasteiger partial charge in [0.05, 0.1) is 0 Å². The van der Waals surface area contributed by atoms with Gasteiger partial charge < -0.3 is 10.6 Å². The van der Waals surface area contributed by atoms with Crippen LogP contribution in [0.4, 0.5) is 0 Å². The predicted octanol–water partition coefficient (Wildman–Crippen LogP) is 1.21. The van der Waals surface area contributed by atoms with Crippen LogP contribution in [0.25, 0.3) is 0 Å². The third kappa shape index (κ3) is 4.42. The van der Waals surface area contributed by atoms with E-state index in [1.807, 2.05) is 13.8 Å². The fraction of sp³-hybridized carbons (Fsp3) is 0.727. The molecule has 3 heteroatoms. The molecule has 1 heterocycles. The number of rotatable bonds is 2. The molecule has 1 fully saturated rings. The Labute approximate surface area is 86.0 Å². The maximum Gasteiger partial charge on any atom is 0.244 e. The van der Waals surface area contributed by atoms with Crippen molar-refractivity contribution in [1.82, 2.24) is 10.6 Å². The molecule has 1 aliphatic heterocycles. The molecular weight excluding hydrogens is 176 g/mol. The Bertz CT molecular complexity index is 211. The lowest BCUT2D eigenvalue weighted by Gasteiger charge is -2.14. The number of allylic oxidation sites excluding steroid dienone is 1. The van der Waals surface area contributed by atoms with Crippen molar-refractivity contribution < 1.29 is 4.79 Å². The SMILES string of the molecule is CC(C)=CC(=O)NC1CCCNCC1. The fourth-order valence-corrected chi connectivity index (χ4v) is 1.67. The van der Waals surface area contributed by atoms with Gasteiger partial charge in [0.1, 0.15) is 0 Å². The maximum atomic E-state index is 11.4. The van der Waals surface area contributed by atoms with E-state index in [2.05, 4.69) is 10.6 Å². The van der Waals surface area contributed by atoms with Gasteiger partial charge in [-0.2, -0.15) is 0 Å². The van der Waals surface area contributed by atoms with Crippen molar-refractivity contribution in [3.63, 3.8) is 0 Å². The average Bonchev–Trinajstić information content (AvgIpc) is 2.31. The van der Waals surface area contributed by atoms with Crippen LogP contribution in [0, 0.1) is 0 Å². The first-order valence-corrected chi connectivity index (χ1v) is 5.34. The topological polar surface area (TPSA) is 41.1 Å². The molecule has 1 atom stereocenters. The number of nitrogens with one attached hydrogen (secondary N) is 2. The third-order valence-corrected chi connectivity index (χ3v) is 2.34. The van der Waals surface area contributed by atoms with E-state index < -0.39 is 0 Å². The molecule has 1 amide bonds. The highest BCUT2D eigenvalue weighted by atomic mass is 16.1. The quantitative estimate of drug-likeness (QED) is 0.652. The van der Waals surface area contributed by atoms with Crippen molar-refractivity contribution in [3.05, 3.63) is 11.6 Å². The molecule has 0 bridgehead atoms. The Morgan fingerprint density at radius 1 is 1.36 bits per heavy atom. The highest BCUT2D eigenvalue weighted by molar-refractivity contribution is 5.88. The van der Waals surface area contributed by atoms with Gasteiger partial charge in [0.15, 0.2) is 0 Å². The van der Waals surface area contributed by atoms with Crippen LogP contribution in [0.5, 0.6) is 0 Å². The van der Waals surface area contributed by atoms with Gasteiger partial charge in [0, 0.05) is 12.1 Å². The number of carbonyl (C=O) groups excluding carboxylic acids is 1. The summed E-state index contributed by atoms with van der Waals surface area (Å²) in [6.45, 7) is 5.97. The Hall–Kier alpha value is -0.830. The minimum Gasteiger partial charge on any atom is -0.350 e. The predicted molar refractivity (Wildman–Crippen MR) is 58.1 cm³/mol. The summed E-state index contributed by atoms with van der Waals surface area (Å²) in [6, 6.07) is 0.355. The van der Waals surface area contributed by atoms with Gasteiger partial charge in [0.25, 0.3) is 0 Å². The van der Waals surface area contributed by atoms with Crippen LogP contribution < -0.4 is 10.6 Å². The zero-order valence-electron chi connectivity index (χ0n) is 9.10. The first kappa shape index (κ1) is 11.2. The summed E-state index contributed by atoms with van der Waals surface area (Å²) < 4.78 is 0. The van der Waals surface area contributed by atoms with Crippen molar-refractivity contribution >= 4 is 5.91 Å². The van der Waals surface area contributed by atoms with Crippen LogP contribution in [0.1, 0.15) is 33.1 Å². The van der Waals surface area contributed by atoms with Gasteiger partial charge in [-0.05, 0) is 46.2 Å². The standard InChI is InChI=1S/C11H20N2O/c1-9(2)8-11(14)13-10-4-3-6-12-7-5-10/h8,10,12H,3-7H2,1-2H3,(H,13,14). The van der Waals surface area contributed by atoms with E-state index >= 15 is 0 Å². The molecule has 1 rings (SSSR count). The first-order chi connectivity index (χ1) is 6.68. The molecule has 0 radical (unpaired) electrons. The molecule has 1 unspecified atom stereocenters. The largest absolute Gasteiger partial charge is 0.350 e. The fourth-order valence-electron chi connectivity index (χ4n) is 1.67. The van der Waals surface area contributed by atoms with Crippen LogP contribution in [-0.2, 0) is 4.79 Å². The highest BCUT2D eigenvalue weighted by Crippen LogP contribution is 2.04. The number of carbonyl (C=O) groups is 1. The summed E-state index contributed by atoms with van der Waals surface area (Å²) in [5, 5.41) is 6.36. The van der Waals surface area contributed by atoms with Gasteiger partial charge >= 0.3 is 0 Å². The molecule has 2 N–H and O–H groups in total. The Balaban J connectivity index is 2.34. The zero-order chi connectivity index (χ0) is 10.4. The van der Waals surface area contributed by atoms with Crippen LogP contribution in [-0.4, -0.2) is 25.0 Å². The van der Waals surface area contributed by atoms with Crippen molar-refractivity contribution in [2.45, 2.75) is 39.2 Å². The second kappa shape index (κ2) is 5.81. The molecule has 0 aliphatic carbocycles. The number of hydrogen-bond acceptors (Lipinski definition) is 2. The molecule has 1 aliphatic rings. The van der Waals surface area contributed by atoms with Crippen molar-refractivity contribution in [2.75, 3.05) is 13.1 Å². The van der Waals surface area contributed by atoms with Gasteiger partial charge in [0.2, 0.25) is 5.91 Å². The van der Waals surface area contributed by atoms with E-state index in [1.165, 1.54) is 0 Å². The first-order valence-electron chi connectivity index (χ1n) is 5.34. The van der Waals surface area contributed by atoms with E-state index in [9.17, 15) is 4.79 Å². The molecule has 14 heavy (non-hydrogen) atoms. The van der Waals surface area contributed by atoms with Crippen LogP contribution >= 0.6 is 0 Å². The van der Waals surface area contributed by atoms with E-state index in [0.29, 0.717) is 6.04 Å². The Kier molecular flexibility index (Phi) is 4.66. The average molecular weight is 196 g/mol. The minimum absolute atomic E-state index is 0.0527. The Morgan fingerprint density at radius 2 is 2.14 bits per heavy atom. The number of amides is 1. The van der Waals surface area contributed by atoms with Crippen molar-refractivity contribution in [1.29, 1.82) is 0 Å². The smallest absolute Gasteiger partial charge is 0.244 e. The summed E-state index contributed by atoms with van der Waals surface area (Å²) >= 11 is 0. The molecule has 3 nitrogen and oxygen atoms in total. The van der Waals surface area contributed by atoms with Crippen molar-refractivity contribution in [2.24, 2.45) is 0 Å². The molecular formula is C11H20N2O. The molecule has 1 saturated heterocycles. The van der Waals surface area contributed by atoms with Gasteiger partial charge in [-0.15, -0.1) is 0 Å². The van der Waals surface area contributed by atoms with Gasteiger partial charge in [-0.3, -0.25) is 4.79 Å².